The molecule has 1 aliphatic carbocycles. The second kappa shape index (κ2) is 8.25. The number of benzene rings is 2. The highest BCUT2D eigenvalue weighted by Gasteiger charge is 2.48. The van der Waals surface area contributed by atoms with Gasteiger partial charge in [0.05, 0.1) is 33.5 Å². The molecule has 168 valence electrons. The molecule has 33 heavy (non-hydrogen) atoms. The molecule has 2 atom stereocenters. The number of imide groups is 1. The van der Waals surface area contributed by atoms with Crippen molar-refractivity contribution in [3.63, 3.8) is 0 Å². The number of carbonyl (C=O) groups excluding carboxylic acids is 3. The standard InChI is InChI=1S/C25H23N3O3S2/c29-22(27-12-11-15-5-1-4-8-20(15)27)14-32-25-26-19-10-9-16(13-21(19)33-25)28-23(30)17-6-2-3-7-18(17)24(28)31/h1,4-5,8-10,13,17-18H,2-3,6-7,11-12,14H2. The maximum atomic E-state index is 12.9. The summed E-state index contributed by atoms with van der Waals surface area (Å²) in [6.45, 7) is 0.724. The van der Waals surface area contributed by atoms with Crippen molar-refractivity contribution in [1.29, 1.82) is 0 Å². The summed E-state index contributed by atoms with van der Waals surface area (Å²) in [4.78, 5) is 46.6. The molecule has 0 N–H and O–H groups in total. The fourth-order valence-electron chi connectivity index (χ4n) is 5.31. The molecule has 3 amide bonds. The van der Waals surface area contributed by atoms with E-state index in [0.29, 0.717) is 11.4 Å². The summed E-state index contributed by atoms with van der Waals surface area (Å²) in [7, 11) is 0. The average Bonchev–Trinajstić information content (AvgIpc) is 3.52. The summed E-state index contributed by atoms with van der Waals surface area (Å²) in [6.07, 6.45) is 4.55. The van der Waals surface area contributed by atoms with Crippen molar-refractivity contribution in [2.75, 3.05) is 22.1 Å². The lowest BCUT2D eigenvalue weighted by molar-refractivity contribution is -0.122. The largest absolute Gasteiger partial charge is 0.311 e. The third-order valence-electron chi connectivity index (χ3n) is 6.96. The Bertz CT molecular complexity index is 1260. The van der Waals surface area contributed by atoms with E-state index in [-0.39, 0.29) is 29.6 Å². The molecule has 2 aromatic carbocycles. The van der Waals surface area contributed by atoms with Crippen LogP contribution in [0.25, 0.3) is 10.2 Å². The van der Waals surface area contributed by atoms with Crippen molar-refractivity contribution in [2.45, 2.75) is 36.4 Å². The molecule has 6 nitrogen and oxygen atoms in total. The van der Waals surface area contributed by atoms with Crippen molar-refractivity contribution in [1.82, 2.24) is 4.98 Å². The van der Waals surface area contributed by atoms with E-state index >= 15 is 0 Å². The quantitative estimate of drug-likeness (QED) is 0.404. The van der Waals surface area contributed by atoms with Gasteiger partial charge >= 0.3 is 0 Å². The number of rotatable bonds is 4. The normalized spacial score (nSPS) is 22.2. The van der Waals surface area contributed by atoms with Crippen LogP contribution in [0.3, 0.4) is 0 Å². The average molecular weight is 478 g/mol. The van der Waals surface area contributed by atoms with E-state index in [0.717, 1.165) is 58.9 Å². The molecule has 1 saturated heterocycles. The first kappa shape index (κ1) is 20.9. The number of anilines is 2. The van der Waals surface area contributed by atoms with Gasteiger partial charge in [0, 0.05) is 12.2 Å². The smallest absolute Gasteiger partial charge is 0.237 e. The number of carbonyl (C=O) groups is 3. The van der Waals surface area contributed by atoms with Gasteiger partial charge in [0.25, 0.3) is 0 Å². The third-order valence-corrected chi connectivity index (χ3v) is 9.10. The van der Waals surface area contributed by atoms with Crippen LogP contribution in [0.15, 0.2) is 46.8 Å². The van der Waals surface area contributed by atoms with E-state index in [1.54, 1.807) is 0 Å². The summed E-state index contributed by atoms with van der Waals surface area (Å²) < 4.78 is 1.74. The Labute approximate surface area is 200 Å². The molecule has 8 heteroatoms. The van der Waals surface area contributed by atoms with Gasteiger partial charge in [0.2, 0.25) is 17.7 Å². The van der Waals surface area contributed by atoms with Crippen LogP contribution in [0.4, 0.5) is 11.4 Å². The summed E-state index contributed by atoms with van der Waals surface area (Å²) in [5.74, 6) is -0.0133. The van der Waals surface area contributed by atoms with Crippen molar-refractivity contribution >= 4 is 62.4 Å². The van der Waals surface area contributed by atoms with Gasteiger partial charge in [0.1, 0.15) is 0 Å². The van der Waals surface area contributed by atoms with Gasteiger partial charge < -0.3 is 4.90 Å². The van der Waals surface area contributed by atoms with Gasteiger partial charge in [0.15, 0.2) is 4.34 Å². The predicted molar refractivity (Wildman–Crippen MR) is 131 cm³/mol. The van der Waals surface area contributed by atoms with Crippen LogP contribution in [-0.4, -0.2) is 35.0 Å². The number of thioether (sulfide) groups is 1. The van der Waals surface area contributed by atoms with Gasteiger partial charge in [-0.05, 0) is 49.1 Å². The van der Waals surface area contributed by atoms with E-state index in [4.69, 9.17) is 0 Å². The van der Waals surface area contributed by atoms with Crippen LogP contribution >= 0.6 is 23.1 Å². The second-order valence-electron chi connectivity index (χ2n) is 8.85. The first-order valence-corrected chi connectivity index (χ1v) is 13.2. The Morgan fingerprint density at radius 1 is 1.06 bits per heavy atom. The molecule has 2 unspecified atom stereocenters. The van der Waals surface area contributed by atoms with Crippen LogP contribution < -0.4 is 9.80 Å². The van der Waals surface area contributed by atoms with Crippen molar-refractivity contribution < 1.29 is 14.4 Å². The Morgan fingerprint density at radius 3 is 2.61 bits per heavy atom. The molecule has 0 radical (unpaired) electrons. The van der Waals surface area contributed by atoms with Crippen LogP contribution in [0.5, 0.6) is 0 Å². The SMILES string of the molecule is O=C(CSc1nc2ccc(N3C(=O)C4CCCCC4C3=O)cc2s1)N1CCc2ccccc21. The zero-order valence-corrected chi connectivity index (χ0v) is 19.7. The molecule has 6 rings (SSSR count). The van der Waals surface area contributed by atoms with Crippen LogP contribution in [-0.2, 0) is 20.8 Å². The number of amides is 3. The molecular weight excluding hydrogens is 454 g/mol. The van der Waals surface area contributed by atoms with Gasteiger partial charge in [-0.1, -0.05) is 42.8 Å². The first-order valence-electron chi connectivity index (χ1n) is 11.4. The lowest BCUT2D eigenvalue weighted by Gasteiger charge is -2.19. The zero-order chi connectivity index (χ0) is 22.5. The number of hydrogen-bond donors (Lipinski definition) is 0. The molecule has 1 aromatic heterocycles. The zero-order valence-electron chi connectivity index (χ0n) is 18.0. The second-order valence-corrected chi connectivity index (χ2v) is 11.1. The van der Waals surface area contributed by atoms with Gasteiger partial charge in [-0.25, -0.2) is 4.98 Å². The van der Waals surface area contributed by atoms with E-state index in [9.17, 15) is 14.4 Å². The molecule has 3 aliphatic rings. The molecule has 0 bridgehead atoms. The lowest BCUT2D eigenvalue weighted by atomic mass is 9.81. The topological polar surface area (TPSA) is 70.6 Å². The highest BCUT2D eigenvalue weighted by molar-refractivity contribution is 8.01. The third kappa shape index (κ3) is 3.56. The number of para-hydroxylation sites is 1. The Hall–Kier alpha value is -2.71. The van der Waals surface area contributed by atoms with Crippen molar-refractivity contribution in [3.05, 3.63) is 48.0 Å². The van der Waals surface area contributed by atoms with E-state index in [1.165, 1.54) is 33.6 Å². The van der Waals surface area contributed by atoms with Crippen LogP contribution in [0.1, 0.15) is 31.2 Å². The number of aromatic nitrogens is 1. The van der Waals surface area contributed by atoms with Crippen LogP contribution in [0, 0.1) is 11.8 Å². The molecule has 2 fully saturated rings. The van der Waals surface area contributed by atoms with Crippen molar-refractivity contribution in [2.24, 2.45) is 11.8 Å². The Balaban J connectivity index is 1.18. The van der Waals surface area contributed by atoms with Crippen molar-refractivity contribution in [3.8, 4) is 0 Å². The minimum atomic E-state index is -0.156. The highest BCUT2D eigenvalue weighted by Crippen LogP contribution is 2.41. The number of nitrogens with zero attached hydrogens (tertiary/aromatic N) is 3. The molecule has 1 saturated carbocycles. The summed E-state index contributed by atoms with van der Waals surface area (Å²) >= 11 is 2.94. The van der Waals surface area contributed by atoms with E-state index < -0.39 is 0 Å². The minimum absolute atomic E-state index is 0.0559. The molecule has 0 spiro atoms. The monoisotopic (exact) mass is 477 g/mol. The Morgan fingerprint density at radius 2 is 1.82 bits per heavy atom. The molecule has 3 heterocycles. The molecular formula is C25H23N3O3S2. The van der Waals surface area contributed by atoms with Crippen LogP contribution in [0.2, 0.25) is 0 Å². The van der Waals surface area contributed by atoms with E-state index in [2.05, 4.69) is 11.1 Å². The van der Waals surface area contributed by atoms with E-state index in [1.807, 2.05) is 41.3 Å². The summed E-state index contributed by atoms with van der Waals surface area (Å²) in [5.41, 5.74) is 3.69. The van der Waals surface area contributed by atoms with Gasteiger partial charge in [-0.15, -0.1) is 11.3 Å². The van der Waals surface area contributed by atoms with Gasteiger partial charge in [-0.3, -0.25) is 19.3 Å². The maximum absolute atomic E-state index is 12.9. The minimum Gasteiger partial charge on any atom is -0.311 e. The maximum Gasteiger partial charge on any atom is 0.237 e. The number of fused-ring (bicyclic) bond motifs is 3. The summed E-state index contributed by atoms with van der Waals surface area (Å²) in [6, 6.07) is 13.6. The number of hydrogen-bond acceptors (Lipinski definition) is 6. The predicted octanol–water partition coefficient (Wildman–Crippen LogP) is 4.66. The fourth-order valence-corrected chi connectivity index (χ4v) is 7.29. The molecule has 2 aliphatic heterocycles. The summed E-state index contributed by atoms with van der Waals surface area (Å²) in [5, 5.41) is 0. The first-order chi connectivity index (χ1) is 16.1. The highest BCUT2D eigenvalue weighted by atomic mass is 32.2. The number of thiazole rings is 1. The Kier molecular flexibility index (Phi) is 5.22. The molecule has 3 aromatic rings. The lowest BCUT2D eigenvalue weighted by Crippen LogP contribution is -2.30. The van der Waals surface area contributed by atoms with Gasteiger partial charge in [-0.2, -0.15) is 0 Å². The fraction of sp³-hybridized carbons (Fsp3) is 0.360.